The van der Waals surface area contributed by atoms with Gasteiger partial charge in [0.1, 0.15) is 0 Å². The Bertz CT molecular complexity index is 672. The fourth-order valence-electron chi connectivity index (χ4n) is 1.65. The standard InChI is InChI=1S/C14H10N2O3/c17-14(10-5-2-1-3-6-10)15-13-9-11(16-19-13)12-7-4-8-18-12/h1-9H,(H,15,17). The van der Waals surface area contributed by atoms with Gasteiger partial charge in [-0.2, -0.15) is 0 Å². The number of anilines is 1. The lowest BCUT2D eigenvalue weighted by molar-refractivity contribution is 0.102. The minimum absolute atomic E-state index is 0.247. The molecule has 2 heterocycles. The van der Waals surface area contributed by atoms with Gasteiger partial charge in [0.25, 0.3) is 5.91 Å². The zero-order chi connectivity index (χ0) is 13.1. The van der Waals surface area contributed by atoms with Crippen LogP contribution in [0.5, 0.6) is 0 Å². The van der Waals surface area contributed by atoms with E-state index in [1.165, 1.54) is 0 Å². The van der Waals surface area contributed by atoms with Gasteiger partial charge in [-0.25, -0.2) is 0 Å². The van der Waals surface area contributed by atoms with Gasteiger partial charge in [-0.15, -0.1) is 0 Å². The Morgan fingerprint density at radius 3 is 2.68 bits per heavy atom. The number of nitrogens with one attached hydrogen (secondary N) is 1. The minimum atomic E-state index is -0.247. The lowest BCUT2D eigenvalue weighted by Gasteiger charge is -1.99. The van der Waals surface area contributed by atoms with Gasteiger partial charge in [0.05, 0.1) is 6.26 Å². The summed E-state index contributed by atoms with van der Waals surface area (Å²) in [6.45, 7) is 0. The third-order valence-electron chi connectivity index (χ3n) is 2.56. The lowest BCUT2D eigenvalue weighted by atomic mass is 10.2. The van der Waals surface area contributed by atoms with Crippen molar-refractivity contribution in [3.63, 3.8) is 0 Å². The van der Waals surface area contributed by atoms with Crippen molar-refractivity contribution in [1.82, 2.24) is 5.16 Å². The van der Waals surface area contributed by atoms with Gasteiger partial charge >= 0.3 is 0 Å². The van der Waals surface area contributed by atoms with Crippen LogP contribution in [0.25, 0.3) is 11.5 Å². The van der Waals surface area contributed by atoms with Crippen LogP contribution in [0.15, 0.2) is 63.7 Å². The zero-order valence-corrected chi connectivity index (χ0v) is 9.87. The molecule has 1 aromatic carbocycles. The Balaban J connectivity index is 1.76. The third kappa shape index (κ3) is 2.40. The highest BCUT2D eigenvalue weighted by molar-refractivity contribution is 6.03. The summed E-state index contributed by atoms with van der Waals surface area (Å²) in [6, 6.07) is 14.0. The van der Waals surface area contributed by atoms with Crippen molar-refractivity contribution in [3.05, 3.63) is 60.4 Å². The first-order chi connectivity index (χ1) is 9.33. The van der Waals surface area contributed by atoms with Crippen LogP contribution in [0.4, 0.5) is 5.88 Å². The van der Waals surface area contributed by atoms with Crippen molar-refractivity contribution in [3.8, 4) is 11.5 Å². The normalized spacial score (nSPS) is 10.3. The molecule has 3 rings (SSSR count). The monoisotopic (exact) mass is 254 g/mol. The molecule has 94 valence electrons. The number of carbonyl (C=O) groups is 1. The Hall–Kier alpha value is -2.82. The average Bonchev–Trinajstić information content (AvgIpc) is 3.10. The number of rotatable bonds is 3. The van der Waals surface area contributed by atoms with Crippen molar-refractivity contribution in [2.75, 3.05) is 5.32 Å². The molecule has 0 spiro atoms. The van der Waals surface area contributed by atoms with Crippen LogP contribution in [0.3, 0.4) is 0 Å². The maximum Gasteiger partial charge on any atom is 0.258 e. The average molecular weight is 254 g/mol. The van der Waals surface area contributed by atoms with Crippen molar-refractivity contribution < 1.29 is 13.7 Å². The molecule has 0 radical (unpaired) electrons. The summed E-state index contributed by atoms with van der Waals surface area (Å²) in [6.07, 6.45) is 1.55. The smallest absolute Gasteiger partial charge is 0.258 e. The molecule has 19 heavy (non-hydrogen) atoms. The maximum absolute atomic E-state index is 11.9. The van der Waals surface area contributed by atoms with Gasteiger partial charge < -0.3 is 8.94 Å². The first kappa shape index (κ1) is 11.3. The molecule has 1 N–H and O–H groups in total. The number of benzene rings is 1. The number of aromatic nitrogens is 1. The minimum Gasteiger partial charge on any atom is -0.463 e. The molecule has 0 saturated carbocycles. The molecule has 0 fully saturated rings. The molecule has 0 aliphatic rings. The van der Waals surface area contributed by atoms with Gasteiger partial charge in [-0.05, 0) is 24.3 Å². The molecule has 5 heteroatoms. The van der Waals surface area contributed by atoms with Crippen molar-refractivity contribution in [2.24, 2.45) is 0 Å². The quantitative estimate of drug-likeness (QED) is 0.779. The van der Waals surface area contributed by atoms with Crippen molar-refractivity contribution in [2.45, 2.75) is 0 Å². The molecule has 1 amide bonds. The summed E-state index contributed by atoms with van der Waals surface area (Å²) in [4.78, 5) is 11.9. The van der Waals surface area contributed by atoms with Crippen LogP contribution in [0.1, 0.15) is 10.4 Å². The fourth-order valence-corrected chi connectivity index (χ4v) is 1.65. The van der Waals surface area contributed by atoms with E-state index >= 15 is 0 Å². The topological polar surface area (TPSA) is 68.3 Å². The SMILES string of the molecule is O=C(Nc1cc(-c2ccco2)no1)c1ccccc1. The summed E-state index contributed by atoms with van der Waals surface area (Å²) < 4.78 is 10.2. The lowest BCUT2D eigenvalue weighted by Crippen LogP contribution is -2.10. The van der Waals surface area contributed by atoms with E-state index in [1.54, 1.807) is 48.7 Å². The van der Waals surface area contributed by atoms with E-state index in [0.717, 1.165) is 0 Å². The van der Waals surface area contributed by atoms with Crippen LogP contribution >= 0.6 is 0 Å². The number of hydrogen-bond acceptors (Lipinski definition) is 4. The molecule has 0 aliphatic carbocycles. The zero-order valence-electron chi connectivity index (χ0n) is 9.87. The number of hydrogen-bond donors (Lipinski definition) is 1. The summed E-state index contributed by atoms with van der Waals surface area (Å²) >= 11 is 0. The van der Waals surface area contributed by atoms with Gasteiger partial charge in [0.15, 0.2) is 11.5 Å². The van der Waals surface area contributed by atoms with Gasteiger partial charge in [0, 0.05) is 11.6 Å². The number of nitrogens with zero attached hydrogens (tertiary/aromatic N) is 1. The number of carbonyl (C=O) groups excluding carboxylic acids is 1. The van der Waals surface area contributed by atoms with E-state index in [2.05, 4.69) is 10.5 Å². The van der Waals surface area contributed by atoms with Gasteiger partial charge in [0.2, 0.25) is 5.88 Å². The molecule has 0 aliphatic heterocycles. The van der Waals surface area contributed by atoms with Crippen molar-refractivity contribution in [1.29, 1.82) is 0 Å². The molecular weight excluding hydrogens is 244 g/mol. The summed E-state index contributed by atoms with van der Waals surface area (Å²) in [5, 5.41) is 6.45. The molecule has 0 saturated heterocycles. The number of furan rings is 1. The predicted octanol–water partition coefficient (Wildman–Crippen LogP) is 3.19. The summed E-state index contributed by atoms with van der Waals surface area (Å²) in [5.41, 5.74) is 1.09. The molecule has 2 aromatic heterocycles. The van der Waals surface area contributed by atoms with Crippen molar-refractivity contribution >= 4 is 11.8 Å². The molecule has 3 aromatic rings. The fraction of sp³-hybridized carbons (Fsp3) is 0. The van der Waals surface area contributed by atoms with Gasteiger partial charge in [-0.1, -0.05) is 23.4 Å². The molecule has 0 bridgehead atoms. The Kier molecular flexibility index (Phi) is 2.86. The van der Waals surface area contributed by atoms with Crippen LogP contribution < -0.4 is 5.32 Å². The van der Waals surface area contributed by atoms with E-state index in [-0.39, 0.29) is 11.8 Å². The van der Waals surface area contributed by atoms with Crippen LogP contribution in [-0.4, -0.2) is 11.1 Å². The predicted molar refractivity (Wildman–Crippen MR) is 68.6 cm³/mol. The van der Waals surface area contributed by atoms with E-state index in [1.807, 2.05) is 6.07 Å². The molecule has 0 unspecified atom stereocenters. The highest BCUT2D eigenvalue weighted by Crippen LogP contribution is 2.22. The second-order valence-electron chi connectivity index (χ2n) is 3.87. The van der Waals surface area contributed by atoms with E-state index < -0.39 is 0 Å². The van der Waals surface area contributed by atoms with E-state index in [9.17, 15) is 4.79 Å². The second-order valence-corrected chi connectivity index (χ2v) is 3.87. The highest BCUT2D eigenvalue weighted by atomic mass is 16.5. The van der Waals surface area contributed by atoms with Crippen LogP contribution in [0.2, 0.25) is 0 Å². The van der Waals surface area contributed by atoms with Gasteiger partial charge in [-0.3, -0.25) is 10.1 Å². The molecule has 0 atom stereocenters. The third-order valence-corrected chi connectivity index (χ3v) is 2.56. The number of amides is 1. The molecular formula is C14H10N2O3. The summed E-state index contributed by atoms with van der Waals surface area (Å²) in [7, 11) is 0. The van der Waals surface area contributed by atoms with E-state index in [4.69, 9.17) is 8.94 Å². The largest absolute Gasteiger partial charge is 0.463 e. The highest BCUT2D eigenvalue weighted by Gasteiger charge is 2.12. The first-order valence-corrected chi connectivity index (χ1v) is 5.70. The first-order valence-electron chi connectivity index (χ1n) is 5.70. The maximum atomic E-state index is 11.9. The Morgan fingerprint density at radius 1 is 1.11 bits per heavy atom. The Labute approximate surface area is 108 Å². The second kappa shape index (κ2) is 4.81. The van der Waals surface area contributed by atoms with Crippen LogP contribution in [-0.2, 0) is 0 Å². The summed E-state index contributed by atoms with van der Waals surface area (Å²) in [5.74, 6) is 0.618. The Morgan fingerprint density at radius 2 is 1.95 bits per heavy atom. The van der Waals surface area contributed by atoms with Crippen LogP contribution in [0, 0.1) is 0 Å². The van der Waals surface area contributed by atoms with E-state index in [0.29, 0.717) is 17.0 Å². The molecule has 5 nitrogen and oxygen atoms in total.